The Labute approximate surface area is 97.5 Å². The van der Waals surface area contributed by atoms with E-state index in [0.717, 1.165) is 19.3 Å². The van der Waals surface area contributed by atoms with Gasteiger partial charge in [0.1, 0.15) is 0 Å². The van der Waals surface area contributed by atoms with Crippen LogP contribution in [0.25, 0.3) is 0 Å². The van der Waals surface area contributed by atoms with Crippen molar-refractivity contribution in [2.45, 2.75) is 38.6 Å². The molecule has 0 atom stereocenters. The van der Waals surface area contributed by atoms with Gasteiger partial charge in [-0.2, -0.15) is 11.8 Å². The zero-order chi connectivity index (χ0) is 10.6. The van der Waals surface area contributed by atoms with Gasteiger partial charge in [-0.3, -0.25) is 0 Å². The molecular weight excluding hydrogens is 206 g/mol. The highest BCUT2D eigenvalue weighted by Crippen LogP contribution is 2.29. The van der Waals surface area contributed by atoms with Gasteiger partial charge in [0.25, 0.3) is 0 Å². The van der Waals surface area contributed by atoms with Crippen molar-refractivity contribution in [1.82, 2.24) is 5.32 Å². The number of rotatable bonds is 3. The van der Waals surface area contributed by atoms with Gasteiger partial charge in [0.05, 0.1) is 0 Å². The van der Waals surface area contributed by atoms with E-state index in [0.29, 0.717) is 5.41 Å². The van der Waals surface area contributed by atoms with Gasteiger partial charge in [0, 0.05) is 25.8 Å². The third-order valence-corrected chi connectivity index (χ3v) is 4.79. The Balaban J connectivity index is 1.70. The van der Waals surface area contributed by atoms with E-state index in [2.05, 4.69) is 24.0 Å². The summed E-state index contributed by atoms with van der Waals surface area (Å²) in [6.07, 6.45) is 5.16. The molecule has 3 heteroatoms. The van der Waals surface area contributed by atoms with Crippen molar-refractivity contribution in [3.05, 3.63) is 0 Å². The van der Waals surface area contributed by atoms with E-state index in [1.165, 1.54) is 43.7 Å². The minimum absolute atomic E-state index is 0.489. The van der Waals surface area contributed by atoms with Gasteiger partial charge in [0.2, 0.25) is 0 Å². The summed E-state index contributed by atoms with van der Waals surface area (Å²) >= 11 is 2.10. The molecule has 2 aliphatic rings. The molecule has 2 aliphatic heterocycles. The van der Waals surface area contributed by atoms with E-state index in [9.17, 15) is 0 Å². The summed E-state index contributed by atoms with van der Waals surface area (Å²) in [5, 5.41) is 3.76. The van der Waals surface area contributed by atoms with Gasteiger partial charge in [-0.05, 0) is 42.6 Å². The molecule has 0 bridgehead atoms. The molecule has 0 aromatic rings. The maximum Gasteiger partial charge on any atom is 0.0471 e. The van der Waals surface area contributed by atoms with Crippen LogP contribution in [0.3, 0.4) is 0 Å². The Bertz CT molecular complexity index is 186. The van der Waals surface area contributed by atoms with Crippen LogP contribution in [0.2, 0.25) is 0 Å². The molecule has 2 fully saturated rings. The smallest absolute Gasteiger partial charge is 0.0471 e. The predicted molar refractivity (Wildman–Crippen MR) is 66.5 cm³/mol. The van der Waals surface area contributed by atoms with Crippen molar-refractivity contribution < 1.29 is 4.74 Å². The van der Waals surface area contributed by atoms with Crippen molar-refractivity contribution in [3.8, 4) is 0 Å². The van der Waals surface area contributed by atoms with Crippen LogP contribution in [-0.4, -0.2) is 37.3 Å². The fourth-order valence-corrected chi connectivity index (χ4v) is 3.44. The first-order valence-electron chi connectivity index (χ1n) is 6.17. The van der Waals surface area contributed by atoms with E-state index >= 15 is 0 Å². The molecule has 2 nitrogen and oxygen atoms in total. The first-order chi connectivity index (χ1) is 7.29. The van der Waals surface area contributed by atoms with Crippen LogP contribution in [0, 0.1) is 5.41 Å². The van der Waals surface area contributed by atoms with Gasteiger partial charge in [-0.25, -0.2) is 0 Å². The minimum Gasteiger partial charge on any atom is -0.381 e. The number of hydrogen-bond donors (Lipinski definition) is 1. The summed E-state index contributed by atoms with van der Waals surface area (Å²) in [6, 6.07) is 0.783. The fraction of sp³-hybridized carbons (Fsp3) is 1.00. The maximum absolute atomic E-state index is 5.43. The van der Waals surface area contributed by atoms with E-state index in [1.807, 2.05) is 0 Å². The lowest BCUT2D eigenvalue weighted by Crippen LogP contribution is -2.42. The average Bonchev–Trinajstić information content (AvgIpc) is 2.29. The number of thioether (sulfide) groups is 1. The molecule has 0 saturated carbocycles. The first kappa shape index (κ1) is 11.7. The third kappa shape index (κ3) is 3.65. The number of ether oxygens (including phenoxy) is 1. The van der Waals surface area contributed by atoms with Crippen molar-refractivity contribution in [3.63, 3.8) is 0 Å². The number of nitrogens with one attached hydrogen (secondary N) is 1. The molecule has 15 heavy (non-hydrogen) atoms. The van der Waals surface area contributed by atoms with Crippen molar-refractivity contribution >= 4 is 11.8 Å². The molecule has 0 aromatic heterocycles. The SMILES string of the molecule is CC1(CNC2CCSCC2)CCOCC1. The molecule has 1 N–H and O–H groups in total. The zero-order valence-corrected chi connectivity index (χ0v) is 10.6. The highest BCUT2D eigenvalue weighted by Gasteiger charge is 2.28. The number of hydrogen-bond acceptors (Lipinski definition) is 3. The van der Waals surface area contributed by atoms with Crippen LogP contribution < -0.4 is 5.32 Å². The topological polar surface area (TPSA) is 21.3 Å². The second kappa shape index (κ2) is 5.55. The lowest BCUT2D eigenvalue weighted by atomic mass is 9.82. The van der Waals surface area contributed by atoms with Crippen LogP contribution in [0.15, 0.2) is 0 Å². The van der Waals surface area contributed by atoms with Crippen LogP contribution in [0.4, 0.5) is 0 Å². The van der Waals surface area contributed by atoms with Crippen LogP contribution in [0.5, 0.6) is 0 Å². The van der Waals surface area contributed by atoms with Gasteiger partial charge >= 0.3 is 0 Å². The molecule has 0 radical (unpaired) electrons. The van der Waals surface area contributed by atoms with E-state index in [-0.39, 0.29) is 0 Å². The summed E-state index contributed by atoms with van der Waals surface area (Å²) in [6.45, 7) is 5.50. The Kier molecular flexibility index (Phi) is 4.35. The molecule has 88 valence electrons. The summed E-state index contributed by atoms with van der Waals surface area (Å²) < 4.78 is 5.43. The first-order valence-corrected chi connectivity index (χ1v) is 7.33. The molecule has 0 aliphatic carbocycles. The fourth-order valence-electron chi connectivity index (χ4n) is 2.33. The predicted octanol–water partition coefficient (Wildman–Crippen LogP) is 2.29. The van der Waals surface area contributed by atoms with Crippen molar-refractivity contribution in [2.75, 3.05) is 31.3 Å². The minimum atomic E-state index is 0.489. The second-order valence-electron chi connectivity index (χ2n) is 5.19. The lowest BCUT2D eigenvalue weighted by molar-refractivity contribution is 0.0227. The van der Waals surface area contributed by atoms with Gasteiger partial charge in [-0.15, -0.1) is 0 Å². The van der Waals surface area contributed by atoms with E-state index in [4.69, 9.17) is 4.74 Å². The summed E-state index contributed by atoms with van der Waals surface area (Å²) in [5.74, 6) is 2.69. The van der Waals surface area contributed by atoms with Crippen LogP contribution in [-0.2, 0) is 4.74 Å². The molecule has 0 unspecified atom stereocenters. The molecule has 0 amide bonds. The largest absolute Gasteiger partial charge is 0.381 e. The van der Waals surface area contributed by atoms with Crippen LogP contribution >= 0.6 is 11.8 Å². The monoisotopic (exact) mass is 229 g/mol. The maximum atomic E-state index is 5.43. The Morgan fingerprint density at radius 2 is 1.93 bits per heavy atom. The average molecular weight is 229 g/mol. The molecule has 2 rings (SSSR count). The highest BCUT2D eigenvalue weighted by molar-refractivity contribution is 7.99. The molecule has 2 heterocycles. The Morgan fingerprint density at radius 1 is 1.27 bits per heavy atom. The Hall–Kier alpha value is 0.270. The molecular formula is C12H23NOS. The Morgan fingerprint density at radius 3 is 2.60 bits per heavy atom. The van der Waals surface area contributed by atoms with Crippen molar-refractivity contribution in [2.24, 2.45) is 5.41 Å². The molecule has 0 aromatic carbocycles. The van der Waals surface area contributed by atoms with Gasteiger partial charge < -0.3 is 10.1 Å². The summed E-state index contributed by atoms with van der Waals surface area (Å²) in [4.78, 5) is 0. The lowest BCUT2D eigenvalue weighted by Gasteiger charge is -2.36. The quantitative estimate of drug-likeness (QED) is 0.802. The van der Waals surface area contributed by atoms with E-state index < -0.39 is 0 Å². The van der Waals surface area contributed by atoms with Crippen LogP contribution in [0.1, 0.15) is 32.6 Å². The second-order valence-corrected chi connectivity index (χ2v) is 6.42. The summed E-state index contributed by atoms with van der Waals surface area (Å²) in [7, 11) is 0. The third-order valence-electron chi connectivity index (χ3n) is 3.74. The van der Waals surface area contributed by atoms with Gasteiger partial charge in [0.15, 0.2) is 0 Å². The summed E-state index contributed by atoms with van der Waals surface area (Å²) in [5.41, 5.74) is 0.489. The molecule has 0 spiro atoms. The zero-order valence-electron chi connectivity index (χ0n) is 9.76. The van der Waals surface area contributed by atoms with E-state index in [1.54, 1.807) is 0 Å². The van der Waals surface area contributed by atoms with Crippen molar-refractivity contribution in [1.29, 1.82) is 0 Å². The molecule has 2 saturated heterocycles. The highest BCUT2D eigenvalue weighted by atomic mass is 32.2. The normalized spacial score (nSPS) is 27.8. The standard InChI is InChI=1S/C12H23NOS/c1-12(4-6-14-7-5-12)10-13-11-2-8-15-9-3-11/h11,13H,2-10H2,1H3. The van der Waals surface area contributed by atoms with Gasteiger partial charge in [-0.1, -0.05) is 6.92 Å².